The van der Waals surface area contributed by atoms with Gasteiger partial charge in [-0.1, -0.05) is 23.5 Å². The van der Waals surface area contributed by atoms with E-state index in [0.717, 1.165) is 5.56 Å². The molecule has 2 amide bonds. The smallest absolute Gasteiger partial charge is 0.252 e. The standard InChI is InChI=1S/C15H18N2O3/c1-11-6-7-12(5-4-8-18)13(9-11)15(20)16-10-14(19)17(2)3/h6-7,9,18H,8,10H2,1-3H3,(H,16,20). The molecule has 0 aliphatic heterocycles. The zero-order valence-corrected chi connectivity index (χ0v) is 11.9. The van der Waals surface area contributed by atoms with Gasteiger partial charge < -0.3 is 15.3 Å². The van der Waals surface area contributed by atoms with Gasteiger partial charge in [0.25, 0.3) is 5.91 Å². The summed E-state index contributed by atoms with van der Waals surface area (Å²) in [4.78, 5) is 25.0. The monoisotopic (exact) mass is 274 g/mol. The number of nitrogens with zero attached hydrogens (tertiary/aromatic N) is 1. The molecule has 0 radical (unpaired) electrons. The molecule has 5 nitrogen and oxygen atoms in total. The third-order valence-corrected chi connectivity index (χ3v) is 2.62. The molecule has 0 bridgehead atoms. The largest absolute Gasteiger partial charge is 0.384 e. The molecule has 0 spiro atoms. The van der Waals surface area contributed by atoms with Crippen LogP contribution in [0, 0.1) is 18.8 Å². The average Bonchev–Trinajstić information content (AvgIpc) is 2.42. The van der Waals surface area contributed by atoms with Crippen LogP contribution in [-0.4, -0.2) is 49.1 Å². The first kappa shape index (κ1) is 15.7. The Morgan fingerprint density at radius 3 is 2.65 bits per heavy atom. The zero-order chi connectivity index (χ0) is 15.1. The minimum absolute atomic E-state index is 0.0629. The van der Waals surface area contributed by atoms with E-state index in [2.05, 4.69) is 17.2 Å². The molecule has 0 atom stereocenters. The molecule has 0 saturated heterocycles. The summed E-state index contributed by atoms with van der Waals surface area (Å²) in [6.07, 6.45) is 0. The number of likely N-dealkylation sites (N-methyl/N-ethyl adjacent to an activating group) is 1. The second-order valence-electron chi connectivity index (χ2n) is 4.48. The number of amides is 2. The number of aliphatic hydroxyl groups is 1. The molecule has 0 saturated carbocycles. The maximum absolute atomic E-state index is 12.1. The van der Waals surface area contributed by atoms with Crippen LogP contribution in [0.1, 0.15) is 21.5 Å². The van der Waals surface area contributed by atoms with E-state index in [-0.39, 0.29) is 25.0 Å². The van der Waals surface area contributed by atoms with E-state index >= 15 is 0 Å². The van der Waals surface area contributed by atoms with Gasteiger partial charge in [-0.05, 0) is 19.1 Å². The van der Waals surface area contributed by atoms with E-state index < -0.39 is 0 Å². The average molecular weight is 274 g/mol. The minimum atomic E-state index is -0.355. The number of hydrogen-bond acceptors (Lipinski definition) is 3. The van der Waals surface area contributed by atoms with Crippen LogP contribution in [0.5, 0.6) is 0 Å². The van der Waals surface area contributed by atoms with Gasteiger partial charge in [0.05, 0.1) is 12.1 Å². The van der Waals surface area contributed by atoms with Crippen LogP contribution < -0.4 is 5.32 Å². The summed E-state index contributed by atoms with van der Waals surface area (Å²) in [7, 11) is 3.25. The van der Waals surface area contributed by atoms with Gasteiger partial charge in [0.1, 0.15) is 6.61 Å². The van der Waals surface area contributed by atoms with E-state index in [4.69, 9.17) is 5.11 Å². The quantitative estimate of drug-likeness (QED) is 0.771. The van der Waals surface area contributed by atoms with E-state index in [1.807, 2.05) is 13.0 Å². The molecule has 1 aromatic rings. The van der Waals surface area contributed by atoms with Crippen LogP contribution in [0.25, 0.3) is 0 Å². The SMILES string of the molecule is Cc1ccc(C#CCO)c(C(=O)NCC(=O)N(C)C)c1. The van der Waals surface area contributed by atoms with Gasteiger partial charge in [-0.25, -0.2) is 0 Å². The first-order valence-corrected chi connectivity index (χ1v) is 6.14. The third-order valence-electron chi connectivity index (χ3n) is 2.62. The van der Waals surface area contributed by atoms with Crippen molar-refractivity contribution in [2.75, 3.05) is 27.2 Å². The molecule has 20 heavy (non-hydrogen) atoms. The maximum Gasteiger partial charge on any atom is 0.252 e. The highest BCUT2D eigenvalue weighted by Crippen LogP contribution is 2.10. The van der Waals surface area contributed by atoms with E-state index in [1.54, 1.807) is 26.2 Å². The molecule has 2 N–H and O–H groups in total. The lowest BCUT2D eigenvalue weighted by Gasteiger charge is -2.12. The fraction of sp³-hybridized carbons (Fsp3) is 0.333. The lowest BCUT2D eigenvalue weighted by molar-refractivity contribution is -0.127. The highest BCUT2D eigenvalue weighted by atomic mass is 16.2. The summed E-state index contributed by atoms with van der Waals surface area (Å²) >= 11 is 0. The molecule has 0 aliphatic rings. The molecule has 1 aromatic carbocycles. The summed E-state index contributed by atoms with van der Waals surface area (Å²) in [5.74, 6) is 4.70. The lowest BCUT2D eigenvalue weighted by atomic mass is 10.0. The summed E-state index contributed by atoms with van der Waals surface area (Å²) < 4.78 is 0. The Morgan fingerprint density at radius 2 is 2.05 bits per heavy atom. The van der Waals surface area contributed by atoms with Crippen LogP contribution in [-0.2, 0) is 4.79 Å². The molecule has 0 aromatic heterocycles. The van der Waals surface area contributed by atoms with Crippen LogP contribution in [0.3, 0.4) is 0 Å². The Labute approximate surface area is 118 Å². The number of nitrogens with one attached hydrogen (secondary N) is 1. The second kappa shape index (κ2) is 7.31. The van der Waals surface area contributed by atoms with Crippen LogP contribution in [0.2, 0.25) is 0 Å². The number of carbonyl (C=O) groups excluding carboxylic acids is 2. The van der Waals surface area contributed by atoms with Crippen molar-refractivity contribution in [1.82, 2.24) is 10.2 Å². The molecular weight excluding hydrogens is 256 g/mol. The predicted octanol–water partition coefficient (Wildman–Crippen LogP) is 0.157. The Hall–Kier alpha value is -2.32. The number of benzene rings is 1. The molecule has 5 heteroatoms. The van der Waals surface area contributed by atoms with Crippen molar-refractivity contribution in [2.45, 2.75) is 6.92 Å². The normalized spacial score (nSPS) is 9.40. The van der Waals surface area contributed by atoms with Crippen LogP contribution in [0.4, 0.5) is 0 Å². The van der Waals surface area contributed by atoms with Gasteiger partial charge in [0.15, 0.2) is 0 Å². The minimum Gasteiger partial charge on any atom is -0.384 e. The van der Waals surface area contributed by atoms with Gasteiger partial charge in [0.2, 0.25) is 5.91 Å². The number of aliphatic hydroxyl groups excluding tert-OH is 1. The Morgan fingerprint density at radius 1 is 1.35 bits per heavy atom. The van der Waals surface area contributed by atoms with E-state index in [1.165, 1.54) is 4.90 Å². The second-order valence-corrected chi connectivity index (χ2v) is 4.48. The zero-order valence-electron chi connectivity index (χ0n) is 11.9. The highest BCUT2D eigenvalue weighted by molar-refractivity contribution is 5.98. The number of carbonyl (C=O) groups is 2. The summed E-state index contributed by atoms with van der Waals surface area (Å²) in [5, 5.41) is 11.3. The molecule has 0 aliphatic carbocycles. The van der Waals surface area contributed by atoms with E-state index in [0.29, 0.717) is 11.1 Å². The fourth-order valence-corrected chi connectivity index (χ4v) is 1.50. The molecule has 106 valence electrons. The first-order chi connectivity index (χ1) is 9.45. The summed E-state index contributed by atoms with van der Waals surface area (Å²) in [6, 6.07) is 5.26. The lowest BCUT2D eigenvalue weighted by Crippen LogP contribution is -2.36. The highest BCUT2D eigenvalue weighted by Gasteiger charge is 2.12. The van der Waals surface area contributed by atoms with Gasteiger partial charge in [0, 0.05) is 19.7 Å². The van der Waals surface area contributed by atoms with Gasteiger partial charge in [-0.15, -0.1) is 0 Å². The third kappa shape index (κ3) is 4.41. The van der Waals surface area contributed by atoms with Gasteiger partial charge in [-0.2, -0.15) is 0 Å². The Bertz CT molecular complexity index is 568. The summed E-state index contributed by atoms with van der Waals surface area (Å²) in [6.45, 7) is 1.53. The van der Waals surface area contributed by atoms with E-state index in [9.17, 15) is 9.59 Å². The van der Waals surface area contributed by atoms with Crippen molar-refractivity contribution in [3.63, 3.8) is 0 Å². The number of rotatable bonds is 3. The maximum atomic E-state index is 12.1. The number of aryl methyl sites for hydroxylation is 1. The Kier molecular flexibility index (Phi) is 5.75. The molecule has 0 unspecified atom stereocenters. The fourth-order valence-electron chi connectivity index (χ4n) is 1.50. The predicted molar refractivity (Wildman–Crippen MR) is 76.2 cm³/mol. The van der Waals surface area contributed by atoms with Crippen molar-refractivity contribution in [2.24, 2.45) is 0 Å². The molecule has 0 fully saturated rings. The molecule has 1 rings (SSSR count). The van der Waals surface area contributed by atoms with Crippen LogP contribution in [0.15, 0.2) is 18.2 Å². The molecule has 0 heterocycles. The molecular formula is C15H18N2O3. The topological polar surface area (TPSA) is 69.6 Å². The number of hydrogen-bond donors (Lipinski definition) is 2. The van der Waals surface area contributed by atoms with Crippen molar-refractivity contribution in [3.8, 4) is 11.8 Å². The first-order valence-electron chi connectivity index (χ1n) is 6.14. The van der Waals surface area contributed by atoms with Gasteiger partial charge in [-0.3, -0.25) is 9.59 Å². The van der Waals surface area contributed by atoms with Crippen molar-refractivity contribution in [1.29, 1.82) is 0 Å². The summed E-state index contributed by atoms with van der Waals surface area (Å²) in [5.41, 5.74) is 1.85. The van der Waals surface area contributed by atoms with Crippen molar-refractivity contribution >= 4 is 11.8 Å². The van der Waals surface area contributed by atoms with Gasteiger partial charge >= 0.3 is 0 Å². The van der Waals surface area contributed by atoms with Crippen molar-refractivity contribution < 1.29 is 14.7 Å². The van der Waals surface area contributed by atoms with Crippen LogP contribution >= 0.6 is 0 Å². The Balaban J connectivity index is 2.91. The van der Waals surface area contributed by atoms with Crippen molar-refractivity contribution in [3.05, 3.63) is 34.9 Å².